The van der Waals surface area contributed by atoms with Gasteiger partial charge < -0.3 is 5.32 Å². The van der Waals surface area contributed by atoms with Crippen LogP contribution in [0, 0.1) is 5.82 Å². The van der Waals surface area contributed by atoms with Gasteiger partial charge in [0.1, 0.15) is 5.82 Å². The van der Waals surface area contributed by atoms with Crippen LogP contribution < -0.4 is 5.32 Å². The average Bonchev–Trinajstić information content (AvgIpc) is 2.87. The summed E-state index contributed by atoms with van der Waals surface area (Å²) in [5.74, 6) is -0.201. The van der Waals surface area contributed by atoms with Crippen molar-refractivity contribution in [3.05, 3.63) is 34.6 Å². The van der Waals surface area contributed by atoms with Gasteiger partial charge in [0, 0.05) is 29.7 Å². The molecule has 1 unspecified atom stereocenters. The Hall–Kier alpha value is -0.640. The zero-order chi connectivity index (χ0) is 13.7. The van der Waals surface area contributed by atoms with Crippen LogP contribution in [0.2, 0.25) is 5.02 Å². The van der Waals surface area contributed by atoms with Crippen molar-refractivity contribution in [2.75, 3.05) is 19.6 Å². The Labute approximate surface area is 119 Å². The highest BCUT2D eigenvalue weighted by atomic mass is 35.5. The van der Waals surface area contributed by atoms with Crippen molar-refractivity contribution < 1.29 is 4.39 Å². The molecular weight excluding hydrogens is 263 g/mol. The molecule has 0 radical (unpaired) electrons. The molecule has 4 heteroatoms. The Balaban J connectivity index is 2.02. The van der Waals surface area contributed by atoms with Gasteiger partial charge in [-0.1, -0.05) is 24.6 Å². The normalized spacial score (nSPS) is 19.3. The fourth-order valence-corrected chi connectivity index (χ4v) is 2.91. The summed E-state index contributed by atoms with van der Waals surface area (Å²) < 4.78 is 13.8. The molecule has 0 aromatic heterocycles. The third kappa shape index (κ3) is 4.16. The lowest BCUT2D eigenvalue weighted by atomic mass is 10.1. The van der Waals surface area contributed by atoms with Crippen LogP contribution in [0.3, 0.4) is 0 Å². The molecule has 19 heavy (non-hydrogen) atoms. The number of benzene rings is 1. The lowest BCUT2D eigenvalue weighted by molar-refractivity contribution is 0.238. The minimum atomic E-state index is -0.201. The van der Waals surface area contributed by atoms with Crippen molar-refractivity contribution in [2.45, 2.75) is 38.8 Å². The fraction of sp³-hybridized carbons (Fsp3) is 0.600. The number of nitrogens with one attached hydrogen (secondary N) is 1. The third-order valence-corrected chi connectivity index (χ3v) is 3.98. The van der Waals surface area contributed by atoms with Crippen LogP contribution in [0.15, 0.2) is 18.2 Å². The van der Waals surface area contributed by atoms with Gasteiger partial charge in [-0.25, -0.2) is 4.39 Å². The van der Waals surface area contributed by atoms with E-state index in [4.69, 9.17) is 11.6 Å². The minimum absolute atomic E-state index is 0.201. The second-order valence-corrected chi connectivity index (χ2v) is 5.64. The zero-order valence-electron chi connectivity index (χ0n) is 11.5. The summed E-state index contributed by atoms with van der Waals surface area (Å²) in [7, 11) is 0. The average molecular weight is 285 g/mol. The molecule has 1 heterocycles. The summed E-state index contributed by atoms with van der Waals surface area (Å²) in [4.78, 5) is 2.30. The maximum atomic E-state index is 13.8. The van der Waals surface area contributed by atoms with Crippen molar-refractivity contribution in [3.8, 4) is 0 Å². The van der Waals surface area contributed by atoms with Crippen molar-refractivity contribution in [1.29, 1.82) is 0 Å². The first-order valence-electron chi connectivity index (χ1n) is 7.09. The van der Waals surface area contributed by atoms with Crippen LogP contribution in [0.25, 0.3) is 0 Å². The predicted molar refractivity (Wildman–Crippen MR) is 78.0 cm³/mol. The van der Waals surface area contributed by atoms with Crippen LogP contribution in [-0.4, -0.2) is 30.6 Å². The lowest BCUT2D eigenvalue weighted by Crippen LogP contribution is -2.37. The summed E-state index contributed by atoms with van der Waals surface area (Å²) in [5.41, 5.74) is 0.621. The minimum Gasteiger partial charge on any atom is -0.313 e. The summed E-state index contributed by atoms with van der Waals surface area (Å²) in [6.07, 6.45) is 3.52. The molecule has 0 amide bonds. The fourth-order valence-electron chi connectivity index (χ4n) is 2.68. The molecule has 0 saturated carbocycles. The van der Waals surface area contributed by atoms with Gasteiger partial charge >= 0.3 is 0 Å². The van der Waals surface area contributed by atoms with E-state index >= 15 is 0 Å². The first-order valence-corrected chi connectivity index (χ1v) is 7.47. The molecular formula is C15H22ClFN2. The Morgan fingerprint density at radius 3 is 2.95 bits per heavy atom. The maximum absolute atomic E-state index is 13.8. The topological polar surface area (TPSA) is 15.3 Å². The lowest BCUT2D eigenvalue weighted by Gasteiger charge is -2.25. The molecule has 1 fully saturated rings. The first-order chi connectivity index (χ1) is 9.20. The Kier molecular flexibility index (Phi) is 5.61. The van der Waals surface area contributed by atoms with Gasteiger partial charge in [-0.15, -0.1) is 0 Å². The van der Waals surface area contributed by atoms with Gasteiger partial charge in [-0.2, -0.15) is 0 Å². The van der Waals surface area contributed by atoms with Gasteiger partial charge in [0.2, 0.25) is 0 Å². The zero-order valence-corrected chi connectivity index (χ0v) is 12.2. The predicted octanol–water partition coefficient (Wildman–Crippen LogP) is 3.44. The number of nitrogens with zero attached hydrogens (tertiary/aromatic N) is 1. The van der Waals surface area contributed by atoms with E-state index in [1.54, 1.807) is 12.1 Å². The number of hydrogen-bond donors (Lipinski definition) is 1. The molecule has 2 rings (SSSR count). The summed E-state index contributed by atoms with van der Waals surface area (Å²) in [5, 5.41) is 4.02. The van der Waals surface area contributed by atoms with Crippen molar-refractivity contribution >= 4 is 11.6 Å². The molecule has 2 nitrogen and oxygen atoms in total. The van der Waals surface area contributed by atoms with Gasteiger partial charge in [0.25, 0.3) is 0 Å². The molecule has 1 aliphatic heterocycles. The molecule has 0 spiro atoms. The van der Waals surface area contributed by atoms with Crippen LogP contribution in [-0.2, 0) is 6.54 Å². The molecule has 1 atom stereocenters. The molecule has 1 saturated heterocycles. The van der Waals surface area contributed by atoms with E-state index in [9.17, 15) is 4.39 Å². The smallest absolute Gasteiger partial charge is 0.129 e. The van der Waals surface area contributed by atoms with E-state index in [0.29, 0.717) is 23.2 Å². The number of rotatable bonds is 6. The van der Waals surface area contributed by atoms with Gasteiger partial charge in [0.15, 0.2) is 0 Å². The van der Waals surface area contributed by atoms with Crippen molar-refractivity contribution in [3.63, 3.8) is 0 Å². The second-order valence-electron chi connectivity index (χ2n) is 5.23. The first kappa shape index (κ1) is 14.8. The number of hydrogen-bond acceptors (Lipinski definition) is 2. The van der Waals surface area contributed by atoms with Gasteiger partial charge in [0.05, 0.1) is 0 Å². The van der Waals surface area contributed by atoms with E-state index in [2.05, 4.69) is 17.1 Å². The maximum Gasteiger partial charge on any atom is 0.129 e. The molecule has 0 aliphatic carbocycles. The van der Waals surface area contributed by atoms with Crippen molar-refractivity contribution in [1.82, 2.24) is 10.2 Å². The van der Waals surface area contributed by atoms with E-state index in [1.807, 2.05) is 0 Å². The van der Waals surface area contributed by atoms with E-state index in [0.717, 1.165) is 26.1 Å². The summed E-state index contributed by atoms with van der Waals surface area (Å²) in [6.45, 7) is 5.79. The third-order valence-electron chi connectivity index (χ3n) is 3.62. The standard InChI is InChI=1S/C15H22ClFN2/c1-2-9-19(10-12-5-4-8-18-12)11-13-14(16)6-3-7-15(13)17/h3,6-7,12,18H,2,4-5,8-11H2,1H3. The molecule has 0 bridgehead atoms. The molecule has 1 aromatic carbocycles. The second kappa shape index (κ2) is 7.22. The Morgan fingerprint density at radius 2 is 2.32 bits per heavy atom. The van der Waals surface area contributed by atoms with Gasteiger partial charge in [-0.3, -0.25) is 4.90 Å². The van der Waals surface area contributed by atoms with Gasteiger partial charge in [-0.05, 0) is 44.5 Å². The Morgan fingerprint density at radius 1 is 1.47 bits per heavy atom. The van der Waals surface area contributed by atoms with E-state index < -0.39 is 0 Å². The highest BCUT2D eigenvalue weighted by Crippen LogP contribution is 2.21. The number of halogens is 2. The monoisotopic (exact) mass is 284 g/mol. The summed E-state index contributed by atoms with van der Waals surface area (Å²) >= 11 is 6.11. The molecule has 106 valence electrons. The van der Waals surface area contributed by atoms with Crippen LogP contribution >= 0.6 is 11.6 Å². The molecule has 1 aliphatic rings. The van der Waals surface area contributed by atoms with E-state index in [-0.39, 0.29) is 5.82 Å². The Bertz CT molecular complexity index is 385. The highest BCUT2D eigenvalue weighted by Gasteiger charge is 2.19. The quantitative estimate of drug-likeness (QED) is 0.861. The van der Waals surface area contributed by atoms with Crippen LogP contribution in [0.1, 0.15) is 31.7 Å². The largest absolute Gasteiger partial charge is 0.313 e. The SMILES string of the molecule is CCCN(Cc1c(F)cccc1Cl)CC1CCCN1. The molecule has 1 aromatic rings. The molecule has 1 N–H and O–H groups in total. The van der Waals surface area contributed by atoms with Crippen LogP contribution in [0.5, 0.6) is 0 Å². The van der Waals surface area contributed by atoms with E-state index in [1.165, 1.54) is 18.9 Å². The summed E-state index contributed by atoms with van der Waals surface area (Å²) in [6, 6.07) is 5.44. The van der Waals surface area contributed by atoms with Crippen molar-refractivity contribution in [2.24, 2.45) is 0 Å². The highest BCUT2D eigenvalue weighted by molar-refractivity contribution is 6.31. The van der Waals surface area contributed by atoms with Crippen LogP contribution in [0.4, 0.5) is 4.39 Å².